The number of aliphatic hydroxyl groups is 2. The summed E-state index contributed by atoms with van der Waals surface area (Å²) in [5, 5.41) is 23.5. The van der Waals surface area contributed by atoms with Crippen LogP contribution in [0.1, 0.15) is 93.4 Å². The molecule has 4 heteroatoms. The van der Waals surface area contributed by atoms with Crippen LogP contribution in [0, 0.1) is 46.3 Å². The Balaban J connectivity index is 1.59. The van der Waals surface area contributed by atoms with Gasteiger partial charge in [0.15, 0.2) is 0 Å². The van der Waals surface area contributed by atoms with E-state index in [9.17, 15) is 15.0 Å². The molecule has 4 aliphatic rings. The van der Waals surface area contributed by atoms with E-state index in [4.69, 9.17) is 4.74 Å². The summed E-state index contributed by atoms with van der Waals surface area (Å²) in [6, 6.07) is 0. The number of hydrogen-bond acceptors (Lipinski definition) is 4. The van der Waals surface area contributed by atoms with E-state index in [0.717, 1.165) is 19.3 Å². The van der Waals surface area contributed by atoms with Gasteiger partial charge in [0.25, 0.3) is 0 Å². The van der Waals surface area contributed by atoms with Crippen molar-refractivity contribution in [1.29, 1.82) is 0 Å². The molecule has 4 rings (SSSR count). The Morgan fingerprint density at radius 3 is 2.47 bits per heavy atom. The van der Waals surface area contributed by atoms with Crippen LogP contribution in [0.15, 0.2) is 23.8 Å². The lowest BCUT2D eigenvalue weighted by Crippen LogP contribution is -2.63. The second-order valence-electron chi connectivity index (χ2n) is 13.2. The quantitative estimate of drug-likeness (QED) is 0.377. The van der Waals surface area contributed by atoms with Gasteiger partial charge in [-0.05, 0) is 73.5 Å². The van der Waals surface area contributed by atoms with E-state index in [2.05, 4.69) is 59.8 Å². The molecule has 0 amide bonds. The van der Waals surface area contributed by atoms with Crippen molar-refractivity contribution in [3.8, 4) is 0 Å². The van der Waals surface area contributed by atoms with Crippen LogP contribution in [0.3, 0.4) is 0 Å². The Kier molecular flexibility index (Phi) is 6.92. The largest absolute Gasteiger partial charge is 0.462 e. The highest BCUT2D eigenvalue weighted by molar-refractivity contribution is 5.66. The zero-order valence-electron chi connectivity index (χ0n) is 22.5. The molecule has 0 aromatic rings. The number of fused-ring (bicyclic) bond motifs is 5. The lowest BCUT2D eigenvalue weighted by Gasteiger charge is -2.62. The summed E-state index contributed by atoms with van der Waals surface area (Å²) in [6.45, 7) is 15.3. The first-order valence-electron chi connectivity index (χ1n) is 13.8. The summed E-state index contributed by atoms with van der Waals surface area (Å²) in [5.74, 6) is 2.49. The van der Waals surface area contributed by atoms with E-state index in [1.165, 1.54) is 25.3 Å². The van der Waals surface area contributed by atoms with Gasteiger partial charge in [-0.15, -0.1) is 0 Å². The molecule has 0 spiro atoms. The van der Waals surface area contributed by atoms with Crippen molar-refractivity contribution in [3.05, 3.63) is 23.8 Å². The van der Waals surface area contributed by atoms with Gasteiger partial charge in [-0.25, -0.2) is 0 Å². The first kappa shape index (κ1) is 25.9. The Morgan fingerprint density at radius 2 is 1.82 bits per heavy atom. The van der Waals surface area contributed by atoms with Crippen molar-refractivity contribution in [2.75, 3.05) is 0 Å². The average Bonchev–Trinajstić information content (AvgIpc) is 3.08. The third-order valence-electron chi connectivity index (χ3n) is 10.9. The van der Waals surface area contributed by atoms with Gasteiger partial charge in [0.05, 0.1) is 11.7 Å². The molecule has 3 saturated carbocycles. The minimum atomic E-state index is -0.935. The fourth-order valence-corrected chi connectivity index (χ4v) is 8.53. The maximum atomic E-state index is 11.8. The van der Waals surface area contributed by atoms with Crippen LogP contribution >= 0.6 is 0 Å². The highest BCUT2D eigenvalue weighted by atomic mass is 16.5. The SMILES string of the molecule is CC(=O)OC1CCC2(C)C3C(=CCC2(O)C1)C1CCC(C(C)C=CC(C)C(C)C)C1(C)CC3O. The molecule has 0 radical (unpaired) electrons. The van der Waals surface area contributed by atoms with E-state index in [1.54, 1.807) is 0 Å². The van der Waals surface area contributed by atoms with Crippen molar-refractivity contribution in [1.82, 2.24) is 0 Å². The third-order valence-corrected chi connectivity index (χ3v) is 10.9. The molecule has 0 heterocycles. The van der Waals surface area contributed by atoms with Crippen molar-refractivity contribution in [2.45, 2.75) is 111 Å². The Labute approximate surface area is 207 Å². The van der Waals surface area contributed by atoms with Crippen molar-refractivity contribution >= 4 is 5.97 Å². The summed E-state index contributed by atoms with van der Waals surface area (Å²) in [7, 11) is 0. The monoisotopic (exact) mass is 472 g/mol. The summed E-state index contributed by atoms with van der Waals surface area (Å²) >= 11 is 0. The van der Waals surface area contributed by atoms with Gasteiger partial charge in [-0.3, -0.25) is 4.79 Å². The Hall–Kier alpha value is -1.13. The highest BCUT2D eigenvalue weighted by Crippen LogP contribution is 2.67. The predicted molar refractivity (Wildman–Crippen MR) is 136 cm³/mol. The lowest BCUT2D eigenvalue weighted by molar-refractivity contribution is -0.197. The molecule has 0 bridgehead atoms. The summed E-state index contributed by atoms with van der Waals surface area (Å²) in [5.41, 5.74) is 0.182. The number of esters is 1. The minimum absolute atomic E-state index is 0.00633. The van der Waals surface area contributed by atoms with Crippen LogP contribution in [0.2, 0.25) is 0 Å². The van der Waals surface area contributed by atoms with Crippen LogP contribution in [0.4, 0.5) is 0 Å². The maximum Gasteiger partial charge on any atom is 0.302 e. The van der Waals surface area contributed by atoms with Crippen LogP contribution in [0.5, 0.6) is 0 Å². The van der Waals surface area contributed by atoms with Gasteiger partial charge in [0, 0.05) is 24.7 Å². The van der Waals surface area contributed by atoms with Gasteiger partial charge < -0.3 is 14.9 Å². The first-order chi connectivity index (χ1) is 15.8. The molecule has 10 atom stereocenters. The topological polar surface area (TPSA) is 66.8 Å². The van der Waals surface area contributed by atoms with Crippen LogP contribution < -0.4 is 0 Å². The smallest absolute Gasteiger partial charge is 0.302 e. The zero-order valence-corrected chi connectivity index (χ0v) is 22.5. The van der Waals surface area contributed by atoms with E-state index < -0.39 is 11.7 Å². The molecule has 4 nitrogen and oxygen atoms in total. The number of ether oxygens (including phenoxy) is 1. The number of hydrogen-bond donors (Lipinski definition) is 2. The van der Waals surface area contributed by atoms with Gasteiger partial charge >= 0.3 is 5.97 Å². The second-order valence-corrected chi connectivity index (χ2v) is 13.2. The molecule has 4 aliphatic carbocycles. The van der Waals surface area contributed by atoms with E-state index >= 15 is 0 Å². The van der Waals surface area contributed by atoms with Gasteiger partial charge in [-0.2, -0.15) is 0 Å². The Bertz CT molecular complexity index is 845. The van der Waals surface area contributed by atoms with E-state index in [-0.39, 0.29) is 28.8 Å². The molecular formula is C30H48O4. The number of carbonyl (C=O) groups is 1. The first-order valence-corrected chi connectivity index (χ1v) is 13.8. The van der Waals surface area contributed by atoms with Crippen molar-refractivity contribution in [3.63, 3.8) is 0 Å². The summed E-state index contributed by atoms with van der Waals surface area (Å²) < 4.78 is 5.50. The predicted octanol–water partition coefficient (Wildman–Crippen LogP) is 6.07. The number of carbonyl (C=O) groups excluding carboxylic acids is 1. The zero-order chi connectivity index (χ0) is 25.1. The van der Waals surface area contributed by atoms with Gasteiger partial charge in [0.1, 0.15) is 6.10 Å². The van der Waals surface area contributed by atoms with Crippen molar-refractivity contribution < 1.29 is 19.7 Å². The van der Waals surface area contributed by atoms with Crippen molar-refractivity contribution in [2.24, 2.45) is 46.3 Å². The number of allylic oxidation sites excluding steroid dienone is 2. The fourth-order valence-electron chi connectivity index (χ4n) is 8.53. The standard InChI is InChI=1S/C30H48O4/c1-18(2)19(3)8-9-20(4)24-10-11-25-23-13-15-30(33)16-22(34-21(5)31)12-14-29(30,7)27(23)26(32)17-28(24,25)6/h8-9,13,18-20,22,24-27,32-33H,10-12,14-17H2,1-7H3. The fraction of sp³-hybridized carbons (Fsp3) is 0.833. The molecule has 192 valence electrons. The number of aliphatic hydroxyl groups excluding tert-OH is 1. The summed E-state index contributed by atoms with van der Waals surface area (Å²) in [6.07, 6.45) is 12.2. The molecule has 0 saturated heterocycles. The molecule has 34 heavy (non-hydrogen) atoms. The molecule has 3 fully saturated rings. The normalized spacial score (nSPS) is 45.8. The van der Waals surface area contributed by atoms with Crippen LogP contribution in [0.25, 0.3) is 0 Å². The highest BCUT2D eigenvalue weighted by Gasteiger charge is 2.65. The number of rotatable bonds is 5. The minimum Gasteiger partial charge on any atom is -0.462 e. The molecule has 10 unspecified atom stereocenters. The molecular weight excluding hydrogens is 424 g/mol. The maximum absolute atomic E-state index is 11.8. The summed E-state index contributed by atoms with van der Waals surface area (Å²) in [4.78, 5) is 11.5. The molecule has 0 aromatic heterocycles. The molecule has 2 N–H and O–H groups in total. The molecule has 0 aromatic carbocycles. The average molecular weight is 473 g/mol. The van der Waals surface area contributed by atoms with Crippen LogP contribution in [-0.4, -0.2) is 34.0 Å². The van der Waals surface area contributed by atoms with Gasteiger partial charge in [-0.1, -0.05) is 65.3 Å². The van der Waals surface area contributed by atoms with Crippen LogP contribution in [-0.2, 0) is 9.53 Å². The van der Waals surface area contributed by atoms with Gasteiger partial charge in [0.2, 0.25) is 0 Å². The Morgan fingerprint density at radius 1 is 1.12 bits per heavy atom. The lowest BCUT2D eigenvalue weighted by atomic mass is 9.45. The van der Waals surface area contributed by atoms with E-state index in [0.29, 0.717) is 42.4 Å². The molecule has 0 aliphatic heterocycles. The third kappa shape index (κ3) is 4.11. The second kappa shape index (κ2) is 9.07. The van der Waals surface area contributed by atoms with E-state index in [1.807, 2.05) is 0 Å².